The van der Waals surface area contributed by atoms with E-state index in [9.17, 15) is 19.2 Å². The van der Waals surface area contributed by atoms with Crippen molar-refractivity contribution >= 4 is 51.8 Å². The lowest BCUT2D eigenvalue weighted by Crippen LogP contribution is -2.35. The fourth-order valence-corrected chi connectivity index (χ4v) is 3.37. The monoisotopic (exact) mass is 463 g/mol. The minimum Gasteiger partial charge on any atom is -0.460 e. The molecule has 0 saturated carbocycles. The molecule has 1 aliphatic rings. The third-order valence-corrected chi connectivity index (χ3v) is 4.92. The first kappa shape index (κ1) is 22.7. The molecule has 0 unspecified atom stereocenters. The average Bonchev–Trinajstić information content (AvgIpc) is 3.22. The van der Waals surface area contributed by atoms with Crippen LogP contribution in [-0.4, -0.2) is 42.7 Å². The van der Waals surface area contributed by atoms with Gasteiger partial charge in [-0.1, -0.05) is 30.3 Å². The van der Waals surface area contributed by atoms with E-state index in [1.54, 1.807) is 61.5 Å². The molecular weight excluding hydrogens is 442 g/mol. The largest absolute Gasteiger partial charge is 0.460 e. The van der Waals surface area contributed by atoms with E-state index in [-0.39, 0.29) is 42.5 Å². The summed E-state index contributed by atoms with van der Waals surface area (Å²) in [5, 5.41) is 8.30. The summed E-state index contributed by atoms with van der Waals surface area (Å²) in [5.74, 6) is -2.63. The van der Waals surface area contributed by atoms with Crippen LogP contribution < -0.4 is 10.3 Å². The number of nitrogens with zero attached hydrogens (tertiary/aromatic N) is 2. The van der Waals surface area contributed by atoms with Gasteiger partial charge >= 0.3 is 11.9 Å². The molecule has 0 radical (unpaired) electrons. The van der Waals surface area contributed by atoms with Crippen molar-refractivity contribution in [3.8, 4) is 0 Å². The molecule has 1 N–H and O–H groups in total. The Balaban J connectivity index is 1.45. The molecule has 0 atom stereocenters. The molecule has 2 amide bonds. The van der Waals surface area contributed by atoms with Crippen LogP contribution in [0.25, 0.3) is 11.0 Å². The number of furan rings is 1. The van der Waals surface area contributed by atoms with Gasteiger partial charge in [-0.05, 0) is 31.2 Å². The number of ether oxygens (including phenoxy) is 2. The van der Waals surface area contributed by atoms with Gasteiger partial charge in [0.15, 0.2) is 6.61 Å². The summed E-state index contributed by atoms with van der Waals surface area (Å²) in [4.78, 5) is 49.5. The highest BCUT2D eigenvalue weighted by Gasteiger charge is 2.28. The predicted octanol–water partition coefficient (Wildman–Crippen LogP) is 3.27. The minimum absolute atomic E-state index is 0.0252. The molecule has 10 heteroatoms. The van der Waals surface area contributed by atoms with Crippen LogP contribution >= 0.6 is 0 Å². The van der Waals surface area contributed by atoms with Crippen molar-refractivity contribution in [2.45, 2.75) is 19.8 Å². The molecule has 0 saturated heterocycles. The number of benzene rings is 2. The lowest BCUT2D eigenvalue weighted by atomic mass is 10.1. The molecule has 1 aliphatic heterocycles. The van der Waals surface area contributed by atoms with Crippen LogP contribution in [0.15, 0.2) is 64.1 Å². The Hall–Kier alpha value is -4.47. The predicted molar refractivity (Wildman–Crippen MR) is 122 cm³/mol. The number of hydrogen-bond donors (Lipinski definition) is 1. The third kappa shape index (κ3) is 4.80. The van der Waals surface area contributed by atoms with Crippen LogP contribution in [0, 0.1) is 0 Å². The highest BCUT2D eigenvalue weighted by molar-refractivity contribution is 6.38. The average molecular weight is 463 g/mol. The second kappa shape index (κ2) is 9.99. The van der Waals surface area contributed by atoms with Crippen LogP contribution in [0.3, 0.4) is 0 Å². The van der Waals surface area contributed by atoms with E-state index in [0.717, 1.165) is 5.01 Å². The van der Waals surface area contributed by atoms with Gasteiger partial charge in [-0.15, -0.1) is 0 Å². The molecule has 0 spiro atoms. The van der Waals surface area contributed by atoms with E-state index in [1.165, 1.54) is 0 Å². The Morgan fingerprint density at radius 2 is 1.74 bits per heavy atom. The van der Waals surface area contributed by atoms with Crippen LogP contribution in [0.5, 0.6) is 0 Å². The molecule has 0 fully saturated rings. The van der Waals surface area contributed by atoms with Crippen molar-refractivity contribution in [3.05, 3.63) is 60.4 Å². The maximum Gasteiger partial charge on any atom is 0.376 e. The Morgan fingerprint density at radius 3 is 2.50 bits per heavy atom. The Bertz CT molecular complexity index is 1280. The van der Waals surface area contributed by atoms with Crippen LogP contribution in [0.2, 0.25) is 0 Å². The molecule has 2 aromatic carbocycles. The lowest BCUT2D eigenvalue weighted by Gasteiger charge is -2.22. The van der Waals surface area contributed by atoms with Crippen LogP contribution in [-0.2, 0) is 23.9 Å². The van der Waals surface area contributed by atoms with Crippen molar-refractivity contribution in [2.24, 2.45) is 5.10 Å². The molecule has 10 nitrogen and oxygen atoms in total. The number of fused-ring (bicyclic) bond motifs is 1. The van der Waals surface area contributed by atoms with Gasteiger partial charge in [-0.25, -0.2) is 14.6 Å². The van der Waals surface area contributed by atoms with Gasteiger partial charge in [0.05, 0.1) is 12.3 Å². The van der Waals surface area contributed by atoms with Crippen molar-refractivity contribution in [3.63, 3.8) is 0 Å². The molecule has 3 aromatic rings. The zero-order chi connectivity index (χ0) is 24.1. The van der Waals surface area contributed by atoms with Gasteiger partial charge in [-0.3, -0.25) is 9.59 Å². The molecule has 1 aromatic heterocycles. The Morgan fingerprint density at radius 1 is 1.00 bits per heavy atom. The van der Waals surface area contributed by atoms with Crippen LogP contribution in [0.4, 0.5) is 11.4 Å². The molecule has 2 heterocycles. The molecule has 0 bridgehead atoms. The smallest absolute Gasteiger partial charge is 0.376 e. The van der Waals surface area contributed by atoms with Crippen molar-refractivity contribution in [2.75, 3.05) is 23.5 Å². The summed E-state index contributed by atoms with van der Waals surface area (Å²) in [6.07, 6.45) is 0.181. The fraction of sp³-hybridized carbons (Fsp3) is 0.208. The minimum atomic E-state index is -0.814. The Kier molecular flexibility index (Phi) is 6.67. The van der Waals surface area contributed by atoms with Gasteiger partial charge in [0.1, 0.15) is 17.0 Å². The quantitative estimate of drug-likeness (QED) is 0.533. The number of para-hydroxylation sites is 2. The summed E-state index contributed by atoms with van der Waals surface area (Å²) >= 11 is 0. The van der Waals surface area contributed by atoms with Gasteiger partial charge in [-0.2, -0.15) is 5.10 Å². The molecule has 34 heavy (non-hydrogen) atoms. The van der Waals surface area contributed by atoms with E-state index in [4.69, 9.17) is 13.9 Å². The van der Waals surface area contributed by atoms with Crippen molar-refractivity contribution in [1.82, 2.24) is 0 Å². The summed E-state index contributed by atoms with van der Waals surface area (Å²) in [5.41, 5.74) is 1.07. The number of hydrogen-bond acceptors (Lipinski definition) is 8. The van der Waals surface area contributed by atoms with E-state index >= 15 is 0 Å². The first-order valence-corrected chi connectivity index (χ1v) is 10.6. The zero-order valence-corrected chi connectivity index (χ0v) is 18.3. The molecule has 0 aliphatic carbocycles. The number of anilines is 2. The van der Waals surface area contributed by atoms with Crippen LogP contribution in [0.1, 0.15) is 30.3 Å². The van der Waals surface area contributed by atoms with Gasteiger partial charge < -0.3 is 19.2 Å². The first-order valence-electron chi connectivity index (χ1n) is 10.6. The van der Waals surface area contributed by atoms with Crippen molar-refractivity contribution in [1.29, 1.82) is 0 Å². The maximum absolute atomic E-state index is 12.5. The second-order valence-electron chi connectivity index (χ2n) is 7.23. The van der Waals surface area contributed by atoms with Crippen molar-refractivity contribution < 1.29 is 33.1 Å². The fourth-order valence-electron chi connectivity index (χ4n) is 3.37. The van der Waals surface area contributed by atoms with E-state index in [2.05, 4.69) is 10.4 Å². The van der Waals surface area contributed by atoms with E-state index < -0.39 is 24.5 Å². The normalized spacial score (nSPS) is 13.4. The van der Waals surface area contributed by atoms with Gasteiger partial charge in [0.2, 0.25) is 11.7 Å². The van der Waals surface area contributed by atoms with E-state index in [1.807, 2.05) is 0 Å². The molecular formula is C24H21N3O7. The van der Waals surface area contributed by atoms with E-state index in [0.29, 0.717) is 16.7 Å². The molecule has 174 valence electrons. The number of hydrazone groups is 1. The standard InChI is InChI=1S/C24H21N3O7/c1-2-32-24(31)22-21(16-10-6-7-11-18(16)34-22)25-19(28)14-33-23(30)17-12-13-20(29)27(26-17)15-8-4-3-5-9-15/h3-11H,2,12-14H2,1H3,(H,25,28). The van der Waals surface area contributed by atoms with Gasteiger partial charge in [0.25, 0.3) is 5.91 Å². The number of rotatable bonds is 7. The number of esters is 2. The maximum atomic E-state index is 12.5. The number of nitrogens with one attached hydrogen (secondary N) is 1. The SMILES string of the molecule is CCOC(=O)c1oc2ccccc2c1NC(=O)COC(=O)C1=NN(c2ccccc2)C(=O)CC1. The highest BCUT2D eigenvalue weighted by Crippen LogP contribution is 2.31. The second-order valence-corrected chi connectivity index (χ2v) is 7.23. The summed E-state index contributed by atoms with van der Waals surface area (Å²) < 4.78 is 15.6. The number of carbonyl (C=O) groups excluding carboxylic acids is 4. The summed E-state index contributed by atoms with van der Waals surface area (Å²) in [7, 11) is 0. The first-order chi connectivity index (χ1) is 16.5. The highest BCUT2D eigenvalue weighted by atomic mass is 16.5. The van der Waals surface area contributed by atoms with Gasteiger partial charge in [0, 0.05) is 18.2 Å². The topological polar surface area (TPSA) is 128 Å². The number of carbonyl (C=O) groups is 4. The summed E-state index contributed by atoms with van der Waals surface area (Å²) in [6, 6.07) is 15.5. The number of amides is 2. The third-order valence-electron chi connectivity index (χ3n) is 4.92. The molecule has 4 rings (SSSR count). The lowest BCUT2D eigenvalue weighted by molar-refractivity contribution is -0.140. The Labute approximate surface area is 194 Å². The summed E-state index contributed by atoms with van der Waals surface area (Å²) in [6.45, 7) is 1.16. The zero-order valence-electron chi connectivity index (χ0n) is 18.3.